The Bertz CT molecular complexity index is 617. The first-order valence-corrected chi connectivity index (χ1v) is 6.06. The Morgan fingerprint density at radius 3 is 2.68 bits per heavy atom. The van der Waals surface area contributed by atoms with Gasteiger partial charge in [0.05, 0.1) is 24.2 Å². The molecule has 0 bridgehead atoms. The maximum atomic E-state index is 13.4. The highest BCUT2D eigenvalue weighted by Crippen LogP contribution is 2.34. The van der Waals surface area contributed by atoms with E-state index in [1.807, 2.05) is 13.0 Å². The van der Waals surface area contributed by atoms with Crippen LogP contribution in [0.2, 0.25) is 5.02 Å². The number of hydrogen-bond acceptors (Lipinski definition) is 3. The van der Waals surface area contributed by atoms with Crippen LogP contribution in [0.3, 0.4) is 0 Å². The van der Waals surface area contributed by atoms with E-state index in [0.29, 0.717) is 22.1 Å². The van der Waals surface area contributed by atoms with Gasteiger partial charge in [0.2, 0.25) is 0 Å². The van der Waals surface area contributed by atoms with Crippen LogP contribution >= 0.6 is 11.6 Å². The van der Waals surface area contributed by atoms with Gasteiger partial charge in [-0.05, 0) is 30.7 Å². The number of anilines is 3. The highest BCUT2D eigenvalue weighted by Gasteiger charge is 2.10. The molecule has 0 fully saturated rings. The lowest BCUT2D eigenvalue weighted by atomic mass is 10.2. The molecule has 0 aromatic heterocycles. The van der Waals surface area contributed by atoms with Gasteiger partial charge in [0.1, 0.15) is 11.6 Å². The third-order valence-corrected chi connectivity index (χ3v) is 3.21. The van der Waals surface area contributed by atoms with Crippen molar-refractivity contribution in [2.45, 2.75) is 6.92 Å². The summed E-state index contributed by atoms with van der Waals surface area (Å²) in [5.74, 6) is 0.105. The van der Waals surface area contributed by atoms with E-state index in [0.717, 1.165) is 5.56 Å². The van der Waals surface area contributed by atoms with Crippen molar-refractivity contribution in [2.24, 2.45) is 0 Å². The smallest absolute Gasteiger partial charge is 0.148 e. The zero-order chi connectivity index (χ0) is 14.0. The maximum Gasteiger partial charge on any atom is 0.148 e. The molecule has 3 N–H and O–H groups in total. The third-order valence-electron chi connectivity index (χ3n) is 2.80. The van der Waals surface area contributed by atoms with Gasteiger partial charge in [-0.2, -0.15) is 0 Å². The largest absolute Gasteiger partial charge is 0.495 e. The first kappa shape index (κ1) is 13.5. The minimum Gasteiger partial charge on any atom is -0.495 e. The van der Waals surface area contributed by atoms with Crippen LogP contribution in [0.5, 0.6) is 5.75 Å². The predicted molar refractivity (Wildman–Crippen MR) is 76.8 cm³/mol. The van der Waals surface area contributed by atoms with Crippen LogP contribution in [-0.2, 0) is 0 Å². The highest BCUT2D eigenvalue weighted by molar-refractivity contribution is 6.31. The minimum absolute atomic E-state index is 0.0668. The van der Waals surface area contributed by atoms with Crippen LogP contribution in [0.1, 0.15) is 5.56 Å². The second-order valence-corrected chi connectivity index (χ2v) is 4.53. The number of nitrogens with two attached hydrogens (primary N) is 1. The average molecular weight is 281 g/mol. The number of benzene rings is 2. The van der Waals surface area contributed by atoms with E-state index in [9.17, 15) is 4.39 Å². The fourth-order valence-electron chi connectivity index (χ4n) is 1.72. The Labute approximate surface area is 116 Å². The van der Waals surface area contributed by atoms with Gasteiger partial charge >= 0.3 is 0 Å². The quantitative estimate of drug-likeness (QED) is 0.831. The van der Waals surface area contributed by atoms with Gasteiger partial charge in [-0.1, -0.05) is 17.7 Å². The topological polar surface area (TPSA) is 47.3 Å². The van der Waals surface area contributed by atoms with Gasteiger partial charge in [0.15, 0.2) is 0 Å². The van der Waals surface area contributed by atoms with Crippen LogP contribution in [0, 0.1) is 12.7 Å². The molecule has 3 nitrogen and oxygen atoms in total. The van der Waals surface area contributed by atoms with Gasteiger partial charge < -0.3 is 15.8 Å². The molecule has 0 aliphatic heterocycles. The molecule has 0 spiro atoms. The number of para-hydroxylation sites is 1. The molecule has 0 saturated heterocycles. The van der Waals surface area contributed by atoms with E-state index in [1.54, 1.807) is 25.3 Å². The average Bonchev–Trinajstić information content (AvgIpc) is 2.39. The number of ether oxygens (including phenoxy) is 1. The zero-order valence-corrected chi connectivity index (χ0v) is 11.4. The first-order chi connectivity index (χ1) is 9.02. The number of methoxy groups -OCH3 is 1. The summed E-state index contributed by atoms with van der Waals surface area (Å²) in [5.41, 5.74) is 7.81. The van der Waals surface area contributed by atoms with Gasteiger partial charge in [-0.15, -0.1) is 0 Å². The van der Waals surface area contributed by atoms with Crippen LogP contribution in [-0.4, -0.2) is 7.11 Å². The Morgan fingerprint density at radius 1 is 1.26 bits per heavy atom. The van der Waals surface area contributed by atoms with Gasteiger partial charge in [0.25, 0.3) is 0 Å². The fraction of sp³-hybridized carbons (Fsp3) is 0.143. The van der Waals surface area contributed by atoms with E-state index in [1.165, 1.54) is 6.07 Å². The number of aryl methyl sites for hydroxylation is 1. The maximum absolute atomic E-state index is 13.4. The summed E-state index contributed by atoms with van der Waals surface area (Å²) < 4.78 is 18.6. The monoisotopic (exact) mass is 280 g/mol. The normalized spacial score (nSPS) is 10.3. The Hall–Kier alpha value is -1.94. The Morgan fingerprint density at radius 2 is 2.00 bits per heavy atom. The first-order valence-electron chi connectivity index (χ1n) is 5.68. The summed E-state index contributed by atoms with van der Waals surface area (Å²) in [5, 5.41) is 3.66. The van der Waals surface area contributed by atoms with E-state index in [4.69, 9.17) is 22.1 Å². The molecular weight excluding hydrogens is 267 g/mol. The number of nitrogens with one attached hydrogen (secondary N) is 1. The van der Waals surface area contributed by atoms with E-state index in [-0.39, 0.29) is 5.69 Å². The van der Waals surface area contributed by atoms with Gasteiger partial charge in [0, 0.05) is 11.1 Å². The van der Waals surface area contributed by atoms with E-state index < -0.39 is 5.82 Å². The molecular formula is C14H14ClFN2O. The van der Waals surface area contributed by atoms with Gasteiger partial charge in [-0.25, -0.2) is 4.39 Å². The molecule has 0 radical (unpaired) electrons. The third kappa shape index (κ3) is 2.74. The lowest BCUT2D eigenvalue weighted by molar-refractivity contribution is 0.417. The van der Waals surface area contributed by atoms with Crippen LogP contribution in [0.4, 0.5) is 21.5 Å². The lowest BCUT2D eigenvalue weighted by Crippen LogP contribution is -2.00. The second kappa shape index (κ2) is 5.36. The molecule has 100 valence electrons. The molecule has 0 aliphatic carbocycles. The van der Waals surface area contributed by atoms with Crippen molar-refractivity contribution in [2.75, 3.05) is 18.2 Å². The van der Waals surface area contributed by atoms with Crippen molar-refractivity contribution < 1.29 is 9.13 Å². The van der Waals surface area contributed by atoms with Crippen molar-refractivity contribution in [3.8, 4) is 5.75 Å². The highest BCUT2D eigenvalue weighted by atomic mass is 35.5. The molecule has 0 atom stereocenters. The summed E-state index contributed by atoms with van der Waals surface area (Å²) in [6, 6.07) is 8.12. The second-order valence-electron chi connectivity index (χ2n) is 4.13. The SMILES string of the molecule is COc1cc(Cl)c(C)cc1Nc1cccc(F)c1N. The van der Waals surface area contributed by atoms with Crippen molar-refractivity contribution in [1.29, 1.82) is 0 Å². The predicted octanol–water partition coefficient (Wildman–Crippen LogP) is 4.12. The number of nitrogen functional groups attached to an aromatic ring is 1. The van der Waals surface area contributed by atoms with Crippen LogP contribution in [0.15, 0.2) is 30.3 Å². The molecule has 0 unspecified atom stereocenters. The molecule has 19 heavy (non-hydrogen) atoms. The van der Waals surface area contributed by atoms with E-state index >= 15 is 0 Å². The van der Waals surface area contributed by atoms with Crippen LogP contribution in [0.25, 0.3) is 0 Å². The van der Waals surface area contributed by atoms with Crippen molar-refractivity contribution in [3.05, 3.63) is 46.7 Å². The molecule has 5 heteroatoms. The molecule has 2 rings (SSSR count). The fourth-order valence-corrected chi connectivity index (χ4v) is 1.87. The number of hydrogen-bond donors (Lipinski definition) is 2. The zero-order valence-electron chi connectivity index (χ0n) is 10.6. The summed E-state index contributed by atoms with van der Waals surface area (Å²) in [4.78, 5) is 0. The molecule has 2 aromatic rings. The Kier molecular flexibility index (Phi) is 3.81. The van der Waals surface area contributed by atoms with Crippen molar-refractivity contribution in [3.63, 3.8) is 0 Å². The number of halogens is 2. The van der Waals surface area contributed by atoms with Crippen molar-refractivity contribution >= 4 is 28.7 Å². The van der Waals surface area contributed by atoms with E-state index in [2.05, 4.69) is 5.32 Å². The van der Waals surface area contributed by atoms with Crippen LogP contribution < -0.4 is 15.8 Å². The Balaban J connectivity index is 2.43. The summed E-state index contributed by atoms with van der Waals surface area (Å²) in [6.45, 7) is 1.88. The number of rotatable bonds is 3. The van der Waals surface area contributed by atoms with Crippen molar-refractivity contribution in [1.82, 2.24) is 0 Å². The summed E-state index contributed by atoms with van der Waals surface area (Å²) >= 11 is 6.03. The standard InChI is InChI=1S/C14H14ClFN2O/c1-8-6-12(13(19-2)7-9(8)15)18-11-5-3-4-10(16)14(11)17/h3-7,18H,17H2,1-2H3. The molecule has 0 heterocycles. The summed E-state index contributed by atoms with van der Waals surface area (Å²) in [6.07, 6.45) is 0. The minimum atomic E-state index is -0.463. The van der Waals surface area contributed by atoms with Gasteiger partial charge in [-0.3, -0.25) is 0 Å². The molecule has 0 saturated carbocycles. The molecule has 0 amide bonds. The molecule has 0 aliphatic rings. The molecule has 2 aromatic carbocycles. The summed E-state index contributed by atoms with van der Waals surface area (Å²) in [7, 11) is 1.54. The lowest BCUT2D eigenvalue weighted by Gasteiger charge is -2.14.